The molecule has 1 fully saturated rings. The van der Waals surface area contributed by atoms with Crippen molar-refractivity contribution in [1.29, 1.82) is 0 Å². The average Bonchev–Trinajstić information content (AvgIpc) is 2.41. The molecule has 1 heterocycles. The fourth-order valence-corrected chi connectivity index (χ4v) is 2.82. The molecule has 0 bridgehead atoms. The lowest BCUT2D eigenvalue weighted by molar-refractivity contribution is -0.0328. The fourth-order valence-electron chi connectivity index (χ4n) is 2.28. The van der Waals surface area contributed by atoms with Crippen LogP contribution in [-0.2, 0) is 0 Å². The molecular weight excluding hydrogens is 328 g/mol. The van der Waals surface area contributed by atoms with Crippen LogP contribution >= 0.6 is 24.2 Å². The molecule has 0 saturated carbocycles. The van der Waals surface area contributed by atoms with Crippen LogP contribution < -0.4 is 5.32 Å². The van der Waals surface area contributed by atoms with E-state index in [0.717, 1.165) is 31.7 Å². The fraction of sp³-hybridized carbons (Fsp3) is 0.538. The van der Waals surface area contributed by atoms with Crippen molar-refractivity contribution in [2.75, 3.05) is 32.9 Å². The molecule has 1 saturated heterocycles. The molecule has 0 radical (unpaired) electrons. The second kappa shape index (κ2) is 8.22. The van der Waals surface area contributed by atoms with Crippen LogP contribution in [0.4, 0.5) is 17.6 Å². The van der Waals surface area contributed by atoms with E-state index >= 15 is 0 Å². The first-order valence-corrected chi connectivity index (χ1v) is 7.18. The van der Waals surface area contributed by atoms with Crippen LogP contribution in [-0.4, -0.2) is 43.3 Å². The molecule has 1 aliphatic rings. The second-order valence-electron chi connectivity index (χ2n) is 4.57. The number of nitrogens with one attached hydrogen (secondary N) is 1. The van der Waals surface area contributed by atoms with Crippen LogP contribution in [0.1, 0.15) is 11.6 Å². The van der Waals surface area contributed by atoms with Gasteiger partial charge < -0.3 is 5.32 Å². The zero-order valence-electron chi connectivity index (χ0n) is 11.2. The van der Waals surface area contributed by atoms with E-state index in [1.165, 1.54) is 12.1 Å². The Kier molecular flexibility index (Phi) is 7.26. The minimum absolute atomic E-state index is 0. The molecule has 21 heavy (non-hydrogen) atoms. The smallest absolute Gasteiger partial charge is 0.314 e. The second-order valence-corrected chi connectivity index (χ2v) is 5.71. The molecule has 2 rings (SSSR count). The van der Waals surface area contributed by atoms with Crippen molar-refractivity contribution < 1.29 is 17.6 Å². The van der Waals surface area contributed by atoms with Crippen LogP contribution in [0.15, 0.2) is 29.2 Å². The van der Waals surface area contributed by atoms with Gasteiger partial charge in [0.05, 0.1) is 6.04 Å². The first kappa shape index (κ1) is 18.5. The van der Waals surface area contributed by atoms with Crippen LogP contribution in [0.3, 0.4) is 0 Å². The molecule has 0 spiro atoms. The van der Waals surface area contributed by atoms with Gasteiger partial charge in [0.2, 0.25) is 0 Å². The highest BCUT2D eigenvalue weighted by atomic mass is 35.5. The maximum Gasteiger partial charge on any atom is 0.446 e. The predicted molar refractivity (Wildman–Crippen MR) is 78.8 cm³/mol. The summed E-state index contributed by atoms with van der Waals surface area (Å²) in [6, 6.07) is 5.60. The summed E-state index contributed by atoms with van der Waals surface area (Å²) in [6.45, 7) is 2.56. The van der Waals surface area contributed by atoms with Crippen molar-refractivity contribution in [2.24, 2.45) is 0 Å². The Balaban J connectivity index is 0.00000220. The first-order chi connectivity index (χ1) is 9.49. The molecule has 120 valence electrons. The number of piperazine rings is 1. The summed E-state index contributed by atoms with van der Waals surface area (Å²) >= 11 is -0.153. The van der Waals surface area contributed by atoms with Gasteiger partial charge >= 0.3 is 5.51 Å². The minimum atomic E-state index is -4.29. The quantitative estimate of drug-likeness (QED) is 0.663. The lowest BCUT2D eigenvalue weighted by Crippen LogP contribution is -2.45. The summed E-state index contributed by atoms with van der Waals surface area (Å²) in [4.78, 5) is 2.14. The monoisotopic (exact) mass is 344 g/mol. The third-order valence-electron chi connectivity index (χ3n) is 3.24. The third kappa shape index (κ3) is 5.65. The normalized spacial score (nSPS) is 18.1. The summed E-state index contributed by atoms with van der Waals surface area (Å²) in [6.07, 6.45) is 0. The highest BCUT2D eigenvalue weighted by molar-refractivity contribution is 8.00. The number of nitrogens with zero attached hydrogens (tertiary/aromatic N) is 1. The van der Waals surface area contributed by atoms with Crippen molar-refractivity contribution in [1.82, 2.24) is 10.2 Å². The third-order valence-corrected chi connectivity index (χ3v) is 3.98. The van der Waals surface area contributed by atoms with Crippen molar-refractivity contribution in [2.45, 2.75) is 16.4 Å². The molecule has 0 aromatic heterocycles. The Labute approximate surface area is 131 Å². The van der Waals surface area contributed by atoms with E-state index in [9.17, 15) is 17.6 Å². The molecule has 1 N–H and O–H groups in total. The van der Waals surface area contributed by atoms with E-state index in [4.69, 9.17) is 0 Å². The number of alkyl halides is 4. The Bertz CT molecular complexity index is 421. The number of halogens is 5. The molecule has 0 aliphatic carbocycles. The Hall–Kier alpha value is -0.500. The van der Waals surface area contributed by atoms with Crippen LogP contribution in [0, 0.1) is 0 Å². The largest absolute Gasteiger partial charge is 0.446 e. The summed E-state index contributed by atoms with van der Waals surface area (Å²) in [5, 5.41) is 3.19. The van der Waals surface area contributed by atoms with E-state index in [2.05, 4.69) is 5.32 Å². The van der Waals surface area contributed by atoms with E-state index in [1.54, 1.807) is 12.1 Å². The minimum Gasteiger partial charge on any atom is -0.314 e. The van der Waals surface area contributed by atoms with Crippen molar-refractivity contribution in [3.8, 4) is 0 Å². The molecule has 1 aromatic rings. The maximum atomic E-state index is 13.3. The number of rotatable bonds is 4. The molecule has 1 aromatic carbocycles. The van der Waals surface area contributed by atoms with E-state index in [-0.39, 0.29) is 35.1 Å². The lowest BCUT2D eigenvalue weighted by atomic mass is 10.1. The standard InChI is InChI=1S/C13H16F4N2S.ClH/c14-9-12(19-7-5-18-6-8-19)10-1-3-11(4-2-10)20-13(15,16)17;/h1-4,12,18H,5-9H2;1H/t12-;/m0./s1. The SMILES string of the molecule is Cl.FC[C@@H](c1ccc(SC(F)(F)F)cc1)N1CCNCC1. The van der Waals surface area contributed by atoms with Crippen LogP contribution in [0.5, 0.6) is 0 Å². The number of thioether (sulfide) groups is 1. The number of hydrogen-bond donors (Lipinski definition) is 1. The van der Waals surface area contributed by atoms with Crippen LogP contribution in [0.25, 0.3) is 0 Å². The van der Waals surface area contributed by atoms with Crippen LogP contribution in [0.2, 0.25) is 0 Å². The lowest BCUT2D eigenvalue weighted by Gasteiger charge is -2.33. The zero-order valence-corrected chi connectivity index (χ0v) is 12.8. The first-order valence-electron chi connectivity index (χ1n) is 6.36. The van der Waals surface area contributed by atoms with Crippen molar-refractivity contribution in [3.05, 3.63) is 29.8 Å². The maximum absolute atomic E-state index is 13.3. The van der Waals surface area contributed by atoms with Gasteiger partial charge in [0, 0.05) is 31.1 Å². The van der Waals surface area contributed by atoms with Gasteiger partial charge in [-0.25, -0.2) is 4.39 Å². The molecule has 8 heteroatoms. The Morgan fingerprint density at radius 2 is 1.71 bits per heavy atom. The van der Waals surface area contributed by atoms with Crippen molar-refractivity contribution >= 4 is 24.2 Å². The molecular formula is C13H17ClF4N2S. The molecule has 0 amide bonds. The van der Waals surface area contributed by atoms with Gasteiger partial charge in [-0.3, -0.25) is 4.90 Å². The topological polar surface area (TPSA) is 15.3 Å². The van der Waals surface area contributed by atoms with E-state index in [1.807, 2.05) is 4.90 Å². The summed E-state index contributed by atoms with van der Waals surface area (Å²) in [5.74, 6) is 0. The molecule has 1 atom stereocenters. The summed E-state index contributed by atoms with van der Waals surface area (Å²) in [5.41, 5.74) is -3.57. The van der Waals surface area contributed by atoms with Gasteiger partial charge in [-0.2, -0.15) is 13.2 Å². The Morgan fingerprint density at radius 1 is 1.14 bits per heavy atom. The average molecular weight is 345 g/mol. The van der Waals surface area contributed by atoms with Gasteiger partial charge in [-0.1, -0.05) is 12.1 Å². The number of hydrogen-bond acceptors (Lipinski definition) is 3. The number of benzene rings is 1. The van der Waals surface area contributed by atoms with E-state index in [0.29, 0.717) is 0 Å². The summed E-state index contributed by atoms with van der Waals surface area (Å²) in [7, 11) is 0. The molecule has 0 unspecified atom stereocenters. The Morgan fingerprint density at radius 3 is 2.19 bits per heavy atom. The van der Waals surface area contributed by atoms with Gasteiger partial charge in [-0.05, 0) is 29.5 Å². The summed E-state index contributed by atoms with van der Waals surface area (Å²) < 4.78 is 50.0. The predicted octanol–water partition coefficient (Wildman–Crippen LogP) is 3.64. The van der Waals surface area contributed by atoms with Gasteiger partial charge in [-0.15, -0.1) is 12.4 Å². The van der Waals surface area contributed by atoms with Gasteiger partial charge in [0.15, 0.2) is 0 Å². The molecule has 1 aliphatic heterocycles. The van der Waals surface area contributed by atoms with E-state index < -0.39 is 12.2 Å². The molecule has 2 nitrogen and oxygen atoms in total. The highest BCUT2D eigenvalue weighted by Crippen LogP contribution is 2.37. The highest BCUT2D eigenvalue weighted by Gasteiger charge is 2.29. The van der Waals surface area contributed by atoms with Gasteiger partial charge in [0.25, 0.3) is 0 Å². The zero-order chi connectivity index (χ0) is 14.6. The van der Waals surface area contributed by atoms with Crippen molar-refractivity contribution in [3.63, 3.8) is 0 Å². The van der Waals surface area contributed by atoms with Gasteiger partial charge in [0.1, 0.15) is 6.67 Å².